The first kappa shape index (κ1) is 16.8. The number of fused-ring (bicyclic) bond motifs is 2. The van der Waals surface area contributed by atoms with Gasteiger partial charge in [-0.2, -0.15) is 13.2 Å². The zero-order valence-corrected chi connectivity index (χ0v) is 12.9. The van der Waals surface area contributed by atoms with Crippen LogP contribution in [0.15, 0.2) is 30.4 Å². The number of aliphatic carboxylic acids is 1. The van der Waals surface area contributed by atoms with Crippen LogP contribution in [0.1, 0.15) is 12.0 Å². The van der Waals surface area contributed by atoms with Gasteiger partial charge in [-0.3, -0.25) is 9.59 Å². The first-order valence-corrected chi connectivity index (χ1v) is 7.65. The van der Waals surface area contributed by atoms with Gasteiger partial charge in [-0.05, 0) is 36.5 Å². The van der Waals surface area contributed by atoms with E-state index in [9.17, 15) is 27.9 Å². The van der Waals surface area contributed by atoms with Crippen LogP contribution >= 0.6 is 11.6 Å². The van der Waals surface area contributed by atoms with Crippen LogP contribution in [-0.4, -0.2) is 17.0 Å². The van der Waals surface area contributed by atoms with Crippen molar-refractivity contribution in [2.45, 2.75) is 12.6 Å². The highest BCUT2D eigenvalue weighted by molar-refractivity contribution is 6.33. The normalized spacial score (nSPS) is 28.2. The molecule has 1 amide bonds. The minimum Gasteiger partial charge on any atom is -0.481 e. The van der Waals surface area contributed by atoms with Gasteiger partial charge in [0.15, 0.2) is 0 Å². The van der Waals surface area contributed by atoms with Crippen LogP contribution in [0.5, 0.6) is 0 Å². The zero-order chi connectivity index (χ0) is 17.6. The highest BCUT2D eigenvalue weighted by Gasteiger charge is 2.51. The predicted octanol–water partition coefficient (Wildman–Crippen LogP) is 3.82. The van der Waals surface area contributed by atoms with E-state index in [1.807, 2.05) is 0 Å². The first-order chi connectivity index (χ1) is 11.2. The second-order valence-electron chi connectivity index (χ2n) is 6.02. The molecule has 0 aliphatic heterocycles. The van der Waals surface area contributed by atoms with Gasteiger partial charge in [0.2, 0.25) is 5.91 Å². The third kappa shape index (κ3) is 2.88. The lowest BCUT2D eigenvalue weighted by Crippen LogP contribution is -2.36. The molecule has 3 rings (SSSR count). The number of amides is 1. The number of benzene rings is 1. The van der Waals surface area contributed by atoms with Crippen molar-refractivity contribution in [3.05, 3.63) is 40.9 Å². The van der Waals surface area contributed by atoms with Crippen LogP contribution in [0.4, 0.5) is 18.9 Å². The lowest BCUT2D eigenvalue weighted by Gasteiger charge is -2.24. The van der Waals surface area contributed by atoms with E-state index in [1.165, 1.54) is 0 Å². The van der Waals surface area contributed by atoms with Crippen molar-refractivity contribution in [3.8, 4) is 0 Å². The molecule has 2 N–H and O–H groups in total. The minimum atomic E-state index is -4.57. The van der Waals surface area contributed by atoms with E-state index in [1.54, 1.807) is 12.2 Å². The molecule has 24 heavy (non-hydrogen) atoms. The van der Waals surface area contributed by atoms with Gasteiger partial charge < -0.3 is 10.4 Å². The molecule has 2 aliphatic carbocycles. The molecule has 4 nitrogen and oxygen atoms in total. The quantitative estimate of drug-likeness (QED) is 0.806. The largest absolute Gasteiger partial charge is 0.481 e. The summed E-state index contributed by atoms with van der Waals surface area (Å²) in [4.78, 5) is 23.9. The Labute approximate surface area is 140 Å². The van der Waals surface area contributed by atoms with Gasteiger partial charge >= 0.3 is 12.1 Å². The van der Waals surface area contributed by atoms with Crippen molar-refractivity contribution in [1.82, 2.24) is 0 Å². The number of nitrogens with one attached hydrogen (secondary N) is 1. The summed E-state index contributed by atoms with van der Waals surface area (Å²) in [6.07, 6.45) is -0.430. The molecule has 0 aromatic heterocycles. The number of allylic oxidation sites excluding steroid dienone is 2. The van der Waals surface area contributed by atoms with Crippen molar-refractivity contribution < 1.29 is 27.9 Å². The lowest BCUT2D eigenvalue weighted by atomic mass is 9.82. The second-order valence-corrected chi connectivity index (χ2v) is 6.43. The second kappa shape index (κ2) is 5.81. The van der Waals surface area contributed by atoms with E-state index in [0.29, 0.717) is 6.42 Å². The van der Waals surface area contributed by atoms with Gasteiger partial charge in [-0.1, -0.05) is 23.8 Å². The third-order valence-electron chi connectivity index (χ3n) is 4.60. The molecule has 8 heteroatoms. The number of anilines is 1. The summed E-state index contributed by atoms with van der Waals surface area (Å²) in [6.45, 7) is 0. The maximum Gasteiger partial charge on any atom is 0.416 e. The Balaban J connectivity index is 1.85. The van der Waals surface area contributed by atoms with Crippen LogP contribution in [0.3, 0.4) is 0 Å². The van der Waals surface area contributed by atoms with Gasteiger partial charge in [-0.15, -0.1) is 0 Å². The van der Waals surface area contributed by atoms with Crippen LogP contribution in [-0.2, 0) is 15.8 Å². The fourth-order valence-electron chi connectivity index (χ4n) is 3.53. The Morgan fingerprint density at radius 1 is 1.17 bits per heavy atom. The number of hydrogen-bond acceptors (Lipinski definition) is 2. The molecule has 0 spiro atoms. The minimum absolute atomic E-state index is 0.0399. The Morgan fingerprint density at radius 2 is 1.79 bits per heavy atom. The number of hydrogen-bond donors (Lipinski definition) is 2. The SMILES string of the molecule is O=C(O)[C@@H]1[C@H](C(=O)Nc2cc(C(F)(F)F)ccc2Cl)[C@H]2C=C[C@H]1C2. The molecule has 1 fully saturated rings. The van der Waals surface area contributed by atoms with Gasteiger partial charge in [0.25, 0.3) is 0 Å². The van der Waals surface area contributed by atoms with Gasteiger partial charge in [0.05, 0.1) is 28.1 Å². The number of halogens is 4. The molecule has 0 unspecified atom stereocenters. The molecular weight excluding hydrogens is 347 g/mol. The molecule has 0 saturated heterocycles. The molecular formula is C16H13ClF3NO3. The fraction of sp³-hybridized carbons (Fsp3) is 0.375. The van der Waals surface area contributed by atoms with Crippen LogP contribution in [0.2, 0.25) is 5.02 Å². The van der Waals surface area contributed by atoms with E-state index in [4.69, 9.17) is 11.6 Å². The van der Waals surface area contributed by atoms with E-state index >= 15 is 0 Å². The molecule has 1 aromatic rings. The Morgan fingerprint density at radius 3 is 2.38 bits per heavy atom. The first-order valence-electron chi connectivity index (χ1n) is 7.27. The molecule has 2 bridgehead atoms. The van der Waals surface area contributed by atoms with Crippen LogP contribution < -0.4 is 5.32 Å². The molecule has 2 aliphatic rings. The molecule has 4 atom stereocenters. The van der Waals surface area contributed by atoms with E-state index in [0.717, 1.165) is 18.2 Å². The summed E-state index contributed by atoms with van der Waals surface area (Å²) in [5.41, 5.74) is -1.11. The van der Waals surface area contributed by atoms with Crippen molar-refractivity contribution in [3.63, 3.8) is 0 Å². The summed E-state index contributed by atoms with van der Waals surface area (Å²) in [5.74, 6) is -3.84. The topological polar surface area (TPSA) is 66.4 Å². The van der Waals surface area contributed by atoms with Gasteiger partial charge in [0.1, 0.15) is 0 Å². The van der Waals surface area contributed by atoms with E-state index in [2.05, 4.69) is 5.32 Å². The van der Waals surface area contributed by atoms with Crippen LogP contribution in [0, 0.1) is 23.7 Å². The molecule has 1 saturated carbocycles. The van der Waals surface area contributed by atoms with Crippen LogP contribution in [0.25, 0.3) is 0 Å². The van der Waals surface area contributed by atoms with Gasteiger partial charge in [-0.25, -0.2) is 0 Å². The summed E-state index contributed by atoms with van der Waals surface area (Å²) >= 11 is 5.86. The lowest BCUT2D eigenvalue weighted by molar-refractivity contribution is -0.146. The maximum absolute atomic E-state index is 12.8. The summed E-state index contributed by atoms with van der Waals surface area (Å²) < 4.78 is 38.4. The number of carboxylic acid groups (broad SMARTS) is 1. The van der Waals surface area contributed by atoms with Crippen molar-refractivity contribution in [2.24, 2.45) is 23.7 Å². The number of rotatable bonds is 3. The van der Waals surface area contributed by atoms with Gasteiger partial charge in [0, 0.05) is 0 Å². The number of alkyl halides is 3. The molecule has 0 radical (unpaired) electrons. The van der Waals surface area contributed by atoms with Crippen molar-refractivity contribution >= 4 is 29.2 Å². The zero-order valence-electron chi connectivity index (χ0n) is 12.2. The summed E-state index contributed by atoms with van der Waals surface area (Å²) in [6, 6.07) is 2.62. The number of carbonyl (C=O) groups is 2. The smallest absolute Gasteiger partial charge is 0.416 e. The Bertz CT molecular complexity index is 732. The number of carbonyl (C=O) groups excluding carboxylic acids is 1. The van der Waals surface area contributed by atoms with Crippen molar-refractivity contribution in [2.75, 3.05) is 5.32 Å². The molecule has 128 valence electrons. The van der Waals surface area contributed by atoms with E-state index < -0.39 is 35.5 Å². The fourth-order valence-corrected chi connectivity index (χ4v) is 3.69. The number of carboxylic acids is 1. The average molecular weight is 360 g/mol. The predicted molar refractivity (Wildman–Crippen MR) is 80.4 cm³/mol. The summed E-state index contributed by atoms with van der Waals surface area (Å²) in [7, 11) is 0. The standard InChI is InChI=1S/C16H13ClF3NO3/c17-10-4-3-9(16(18,19)20)6-11(10)21-14(22)12-7-1-2-8(5-7)13(12)15(23)24/h1-4,6-8,12-13H,5H2,(H,21,22)(H,23,24)/t7-,8-,12+,13-/m0/s1. The maximum atomic E-state index is 12.8. The molecule has 1 aromatic carbocycles. The Kier molecular flexibility index (Phi) is 4.07. The Hall–Kier alpha value is -2.02. The van der Waals surface area contributed by atoms with Crippen molar-refractivity contribution in [1.29, 1.82) is 0 Å². The summed E-state index contributed by atoms with van der Waals surface area (Å²) in [5, 5.41) is 11.7. The highest BCUT2D eigenvalue weighted by atomic mass is 35.5. The average Bonchev–Trinajstić information content (AvgIpc) is 3.08. The third-order valence-corrected chi connectivity index (χ3v) is 4.93. The monoisotopic (exact) mass is 359 g/mol. The van der Waals surface area contributed by atoms with E-state index in [-0.39, 0.29) is 22.5 Å². The molecule has 0 heterocycles. The highest BCUT2D eigenvalue weighted by Crippen LogP contribution is 2.48.